The Morgan fingerprint density at radius 1 is 1.19 bits per heavy atom. The van der Waals surface area contributed by atoms with Crippen LogP contribution in [0.1, 0.15) is 5.56 Å². The summed E-state index contributed by atoms with van der Waals surface area (Å²) in [6.45, 7) is 1.28. The topological polar surface area (TPSA) is 93.7 Å². The van der Waals surface area contributed by atoms with E-state index in [1.807, 2.05) is 30.5 Å². The van der Waals surface area contributed by atoms with E-state index in [0.29, 0.717) is 13.1 Å². The van der Waals surface area contributed by atoms with Crippen LogP contribution in [0.3, 0.4) is 0 Å². The third-order valence-electron chi connectivity index (χ3n) is 2.99. The molecule has 0 fully saturated rings. The van der Waals surface area contributed by atoms with Gasteiger partial charge in [-0.05, 0) is 34.7 Å². The minimum Gasteiger partial charge on any atom is -0.394 e. The zero-order chi connectivity index (χ0) is 14.5. The molecule has 108 valence electrons. The molecule has 2 heterocycles. The minimum absolute atomic E-state index is 0.0904. The second kappa shape index (κ2) is 6.14. The van der Waals surface area contributed by atoms with Gasteiger partial charge in [-0.2, -0.15) is 5.10 Å². The standard InChI is InChI=1S/C13H15N7O/c21-6-5-19-9-11(8-16-19)7-14-12-1-3-13(4-2-12)20-10-15-17-18-20/h1-4,8-10,14,21H,5-7H2. The lowest BCUT2D eigenvalue weighted by atomic mass is 10.2. The number of nitrogens with zero attached hydrogens (tertiary/aromatic N) is 6. The summed E-state index contributed by atoms with van der Waals surface area (Å²) in [4.78, 5) is 0. The summed E-state index contributed by atoms with van der Waals surface area (Å²) in [5.41, 5.74) is 2.97. The van der Waals surface area contributed by atoms with Gasteiger partial charge in [0.05, 0.1) is 25.0 Å². The van der Waals surface area contributed by atoms with E-state index in [9.17, 15) is 0 Å². The third kappa shape index (κ3) is 3.23. The number of hydrogen-bond acceptors (Lipinski definition) is 6. The Bertz CT molecular complexity index is 675. The molecule has 0 spiro atoms. The number of aliphatic hydroxyl groups excluding tert-OH is 1. The molecule has 0 aliphatic rings. The molecule has 3 aromatic rings. The molecule has 8 heteroatoms. The van der Waals surface area contributed by atoms with Crippen molar-refractivity contribution >= 4 is 5.69 Å². The van der Waals surface area contributed by atoms with Crippen LogP contribution in [0, 0.1) is 0 Å². The van der Waals surface area contributed by atoms with Crippen molar-refractivity contribution < 1.29 is 5.11 Å². The Hall–Kier alpha value is -2.74. The van der Waals surface area contributed by atoms with Gasteiger partial charge in [-0.15, -0.1) is 5.10 Å². The van der Waals surface area contributed by atoms with E-state index in [0.717, 1.165) is 16.9 Å². The van der Waals surface area contributed by atoms with Crippen molar-refractivity contribution in [3.63, 3.8) is 0 Å². The molecule has 0 bridgehead atoms. The second-order valence-corrected chi connectivity index (χ2v) is 4.49. The lowest BCUT2D eigenvalue weighted by molar-refractivity contribution is 0.269. The molecular formula is C13H15N7O. The summed E-state index contributed by atoms with van der Waals surface area (Å²) in [6, 6.07) is 7.81. The molecule has 0 unspecified atom stereocenters. The fraction of sp³-hybridized carbons (Fsp3) is 0.231. The molecule has 0 atom stereocenters. The van der Waals surface area contributed by atoms with Gasteiger partial charge in [0.2, 0.25) is 0 Å². The third-order valence-corrected chi connectivity index (χ3v) is 2.99. The SMILES string of the molecule is OCCn1cc(CNc2ccc(-n3cnnn3)cc2)cn1. The smallest absolute Gasteiger partial charge is 0.143 e. The van der Waals surface area contributed by atoms with Gasteiger partial charge >= 0.3 is 0 Å². The lowest BCUT2D eigenvalue weighted by Crippen LogP contribution is -2.02. The molecule has 0 aliphatic carbocycles. The van der Waals surface area contributed by atoms with E-state index in [1.165, 1.54) is 0 Å². The fourth-order valence-electron chi connectivity index (χ4n) is 1.94. The molecule has 3 rings (SSSR count). The van der Waals surface area contributed by atoms with Crippen molar-refractivity contribution in [2.45, 2.75) is 13.1 Å². The van der Waals surface area contributed by atoms with Crippen LogP contribution in [-0.4, -0.2) is 41.7 Å². The van der Waals surface area contributed by atoms with Crippen LogP contribution in [0.15, 0.2) is 43.0 Å². The average Bonchev–Trinajstić information content (AvgIpc) is 3.18. The Balaban J connectivity index is 1.60. The summed E-state index contributed by atoms with van der Waals surface area (Å²) in [6.07, 6.45) is 5.26. The zero-order valence-electron chi connectivity index (χ0n) is 11.3. The highest BCUT2D eigenvalue weighted by molar-refractivity contribution is 5.48. The maximum atomic E-state index is 8.85. The van der Waals surface area contributed by atoms with Crippen LogP contribution in [0.4, 0.5) is 5.69 Å². The van der Waals surface area contributed by atoms with E-state index in [4.69, 9.17) is 5.11 Å². The molecule has 8 nitrogen and oxygen atoms in total. The highest BCUT2D eigenvalue weighted by Crippen LogP contribution is 2.13. The Morgan fingerprint density at radius 3 is 2.76 bits per heavy atom. The molecule has 2 N–H and O–H groups in total. The van der Waals surface area contributed by atoms with Crippen molar-refractivity contribution in [1.82, 2.24) is 30.0 Å². The first-order chi connectivity index (χ1) is 10.3. The first-order valence-electron chi connectivity index (χ1n) is 6.54. The molecule has 21 heavy (non-hydrogen) atoms. The zero-order valence-corrected chi connectivity index (χ0v) is 11.3. The normalized spacial score (nSPS) is 10.7. The molecule has 0 amide bonds. The molecule has 0 aliphatic heterocycles. The summed E-state index contributed by atoms with van der Waals surface area (Å²) < 4.78 is 3.32. The number of aliphatic hydroxyl groups is 1. The maximum Gasteiger partial charge on any atom is 0.143 e. The predicted octanol–water partition coefficient (Wildman–Crippen LogP) is 0.463. The van der Waals surface area contributed by atoms with Gasteiger partial charge in [0.25, 0.3) is 0 Å². The van der Waals surface area contributed by atoms with Gasteiger partial charge in [-0.3, -0.25) is 4.68 Å². The van der Waals surface area contributed by atoms with E-state index in [-0.39, 0.29) is 6.61 Å². The van der Waals surface area contributed by atoms with Crippen molar-refractivity contribution in [2.75, 3.05) is 11.9 Å². The Labute approximate surface area is 121 Å². The molecular weight excluding hydrogens is 270 g/mol. The van der Waals surface area contributed by atoms with Crippen LogP contribution >= 0.6 is 0 Å². The van der Waals surface area contributed by atoms with Crippen molar-refractivity contribution in [3.8, 4) is 5.69 Å². The highest BCUT2D eigenvalue weighted by Gasteiger charge is 2.00. The van der Waals surface area contributed by atoms with E-state index in [1.54, 1.807) is 21.9 Å². The Morgan fingerprint density at radius 2 is 2.05 bits per heavy atom. The minimum atomic E-state index is 0.0904. The van der Waals surface area contributed by atoms with Crippen LogP contribution < -0.4 is 5.32 Å². The fourth-order valence-corrected chi connectivity index (χ4v) is 1.94. The second-order valence-electron chi connectivity index (χ2n) is 4.49. The van der Waals surface area contributed by atoms with Crippen LogP contribution in [-0.2, 0) is 13.1 Å². The van der Waals surface area contributed by atoms with Crippen LogP contribution in [0.25, 0.3) is 5.69 Å². The lowest BCUT2D eigenvalue weighted by Gasteiger charge is -2.06. The molecule has 0 radical (unpaired) electrons. The van der Waals surface area contributed by atoms with Crippen molar-refractivity contribution in [3.05, 3.63) is 48.5 Å². The quantitative estimate of drug-likeness (QED) is 0.683. The van der Waals surface area contributed by atoms with Crippen LogP contribution in [0.5, 0.6) is 0 Å². The van der Waals surface area contributed by atoms with E-state index < -0.39 is 0 Å². The monoisotopic (exact) mass is 285 g/mol. The number of aromatic nitrogens is 6. The molecule has 0 saturated heterocycles. The Kier molecular flexibility index (Phi) is 3.88. The molecule has 2 aromatic heterocycles. The number of rotatable bonds is 6. The highest BCUT2D eigenvalue weighted by atomic mass is 16.3. The van der Waals surface area contributed by atoms with Crippen LogP contribution in [0.2, 0.25) is 0 Å². The predicted molar refractivity (Wildman–Crippen MR) is 75.8 cm³/mol. The first-order valence-corrected chi connectivity index (χ1v) is 6.54. The van der Waals surface area contributed by atoms with E-state index >= 15 is 0 Å². The number of benzene rings is 1. The van der Waals surface area contributed by atoms with Gasteiger partial charge in [0, 0.05) is 24.0 Å². The summed E-state index contributed by atoms with van der Waals surface area (Å²) >= 11 is 0. The molecule has 0 saturated carbocycles. The number of anilines is 1. The first kappa shape index (κ1) is 13.3. The largest absolute Gasteiger partial charge is 0.394 e. The summed E-state index contributed by atoms with van der Waals surface area (Å²) in [5, 5.41) is 27.4. The van der Waals surface area contributed by atoms with Gasteiger partial charge in [0.15, 0.2) is 0 Å². The average molecular weight is 285 g/mol. The van der Waals surface area contributed by atoms with Gasteiger partial charge in [-0.25, -0.2) is 4.68 Å². The van der Waals surface area contributed by atoms with Gasteiger partial charge in [-0.1, -0.05) is 0 Å². The number of hydrogen-bond donors (Lipinski definition) is 2. The molecule has 1 aromatic carbocycles. The number of nitrogens with one attached hydrogen (secondary N) is 1. The van der Waals surface area contributed by atoms with Gasteiger partial charge in [0.1, 0.15) is 6.33 Å². The van der Waals surface area contributed by atoms with Crippen molar-refractivity contribution in [2.24, 2.45) is 0 Å². The number of tetrazole rings is 1. The van der Waals surface area contributed by atoms with E-state index in [2.05, 4.69) is 25.9 Å². The van der Waals surface area contributed by atoms with Crippen molar-refractivity contribution in [1.29, 1.82) is 0 Å². The van der Waals surface area contributed by atoms with Gasteiger partial charge < -0.3 is 10.4 Å². The maximum absolute atomic E-state index is 8.85. The summed E-state index contributed by atoms with van der Waals surface area (Å²) in [5.74, 6) is 0. The summed E-state index contributed by atoms with van der Waals surface area (Å²) in [7, 11) is 0.